The summed E-state index contributed by atoms with van der Waals surface area (Å²) in [6.45, 7) is 7.75. The molecule has 0 aromatic heterocycles. The minimum absolute atomic E-state index is 0.0705. The third-order valence-electron chi connectivity index (χ3n) is 6.70. The van der Waals surface area contributed by atoms with Crippen LogP contribution in [0.2, 0.25) is 0 Å². The van der Waals surface area contributed by atoms with E-state index in [1.54, 1.807) is 4.90 Å². The Morgan fingerprint density at radius 2 is 1.56 bits per heavy atom. The van der Waals surface area contributed by atoms with Gasteiger partial charge in [-0.25, -0.2) is 0 Å². The fourth-order valence-corrected chi connectivity index (χ4v) is 5.76. The molecule has 2 unspecified atom stereocenters. The monoisotopic (exact) mass is 529 g/mol. The number of aliphatic imine (C=N–C) groups is 1. The summed E-state index contributed by atoms with van der Waals surface area (Å²) in [5, 5.41) is 37.3. The summed E-state index contributed by atoms with van der Waals surface area (Å²) < 4.78 is 0. The number of rotatable bonds is 17. The Morgan fingerprint density at radius 3 is 2.11 bits per heavy atom. The number of unbranched alkanes of at least 4 members (excludes halogenated alkanes) is 4. The number of aliphatic hydroxyl groups excluding tert-OH is 3. The van der Waals surface area contributed by atoms with Crippen LogP contribution in [0.25, 0.3) is 0 Å². The molecule has 5 N–H and O–H groups in total. The lowest BCUT2D eigenvalue weighted by Crippen LogP contribution is -2.58. The second kappa shape index (κ2) is 17.2. The molecule has 208 valence electrons. The predicted molar refractivity (Wildman–Crippen MR) is 144 cm³/mol. The number of amides is 2. The molecule has 2 amide bonds. The number of nitrogens with zero attached hydrogens (tertiary/aromatic N) is 3. The number of hydrogen-bond acceptors (Lipinski definition) is 8. The van der Waals surface area contributed by atoms with Crippen molar-refractivity contribution in [3.63, 3.8) is 0 Å². The molecule has 2 saturated heterocycles. The average molecular weight is 530 g/mol. The van der Waals surface area contributed by atoms with Crippen molar-refractivity contribution in [1.82, 2.24) is 20.4 Å². The van der Waals surface area contributed by atoms with Gasteiger partial charge in [-0.3, -0.25) is 19.5 Å². The molecule has 0 aliphatic carbocycles. The zero-order chi connectivity index (χ0) is 26.3. The standard InChI is InChI=1S/C25H47N5O5S/c1-3-5-7-9-21(32)26-11-14-29(15-12-27-22(33)10-8-6-4-2)16-13-28-25-30-19(18-36-25)24(35)20(31)17-23(30)34/h19-20,23-24,31,34-35H,3-18H2,1-2H3,(H,26,32)(H,27,33)/t19?,20?,23-,24-/m1/s1. The van der Waals surface area contributed by atoms with E-state index >= 15 is 0 Å². The second-order valence-electron chi connectivity index (χ2n) is 9.68. The van der Waals surface area contributed by atoms with Crippen LogP contribution in [0.4, 0.5) is 0 Å². The summed E-state index contributed by atoms with van der Waals surface area (Å²) in [4.78, 5) is 32.7. The van der Waals surface area contributed by atoms with Gasteiger partial charge in [0.15, 0.2) is 5.17 Å². The molecule has 36 heavy (non-hydrogen) atoms. The first-order valence-corrected chi connectivity index (χ1v) is 14.6. The Kier molecular flexibility index (Phi) is 14.7. The van der Waals surface area contributed by atoms with Crippen LogP contribution < -0.4 is 10.6 Å². The molecule has 0 aromatic rings. The minimum Gasteiger partial charge on any atom is -0.390 e. The van der Waals surface area contributed by atoms with Crippen LogP contribution in [-0.4, -0.2) is 112 Å². The third-order valence-corrected chi connectivity index (χ3v) is 7.81. The molecule has 0 aromatic carbocycles. The molecule has 0 bridgehead atoms. The normalized spacial score (nSPS) is 24.8. The molecule has 2 fully saturated rings. The molecular weight excluding hydrogens is 482 g/mol. The zero-order valence-corrected chi connectivity index (χ0v) is 22.8. The van der Waals surface area contributed by atoms with Crippen molar-refractivity contribution in [2.45, 2.75) is 96.1 Å². The van der Waals surface area contributed by atoms with Crippen molar-refractivity contribution < 1.29 is 24.9 Å². The minimum atomic E-state index is -0.925. The highest BCUT2D eigenvalue weighted by molar-refractivity contribution is 8.14. The van der Waals surface area contributed by atoms with Gasteiger partial charge in [0.2, 0.25) is 11.8 Å². The van der Waals surface area contributed by atoms with Crippen LogP contribution in [0.15, 0.2) is 4.99 Å². The van der Waals surface area contributed by atoms with E-state index in [9.17, 15) is 24.9 Å². The average Bonchev–Trinajstić information content (AvgIpc) is 3.27. The molecule has 0 saturated carbocycles. The predicted octanol–water partition coefficient (Wildman–Crippen LogP) is 0.899. The highest BCUT2D eigenvalue weighted by Crippen LogP contribution is 2.34. The highest BCUT2D eigenvalue weighted by Gasteiger charge is 2.46. The Bertz CT molecular complexity index is 670. The number of carbonyl (C=O) groups is 2. The number of carbonyl (C=O) groups excluding carboxylic acids is 2. The lowest BCUT2D eigenvalue weighted by molar-refractivity contribution is -0.121. The maximum atomic E-state index is 12.1. The van der Waals surface area contributed by atoms with E-state index in [0.717, 1.165) is 38.5 Å². The molecule has 4 atom stereocenters. The van der Waals surface area contributed by atoms with Crippen molar-refractivity contribution in [2.75, 3.05) is 45.0 Å². The van der Waals surface area contributed by atoms with Crippen molar-refractivity contribution >= 4 is 28.7 Å². The van der Waals surface area contributed by atoms with Crippen LogP contribution >= 0.6 is 11.8 Å². The van der Waals surface area contributed by atoms with Crippen LogP contribution in [0, 0.1) is 0 Å². The summed E-state index contributed by atoms with van der Waals surface area (Å²) in [5.74, 6) is 0.716. The SMILES string of the molecule is CCCCCC(=O)NCCN(CCN=C1SCC2[C@@H](O)C(O)C[C@@H](O)N12)CCNC(=O)CCCCC. The van der Waals surface area contributed by atoms with E-state index in [2.05, 4.69) is 34.4 Å². The summed E-state index contributed by atoms with van der Waals surface area (Å²) in [6.07, 6.45) is 4.60. The summed E-state index contributed by atoms with van der Waals surface area (Å²) >= 11 is 1.48. The van der Waals surface area contributed by atoms with Crippen molar-refractivity contribution in [3.8, 4) is 0 Å². The van der Waals surface area contributed by atoms with Gasteiger partial charge < -0.3 is 30.9 Å². The largest absolute Gasteiger partial charge is 0.390 e. The molecule has 2 aliphatic rings. The van der Waals surface area contributed by atoms with E-state index in [-0.39, 0.29) is 24.3 Å². The highest BCUT2D eigenvalue weighted by atomic mass is 32.2. The summed E-state index contributed by atoms with van der Waals surface area (Å²) in [7, 11) is 0. The van der Waals surface area contributed by atoms with E-state index in [4.69, 9.17) is 0 Å². The number of thioether (sulfide) groups is 1. The van der Waals surface area contributed by atoms with Crippen LogP contribution in [0.3, 0.4) is 0 Å². The van der Waals surface area contributed by atoms with Crippen molar-refractivity contribution in [2.24, 2.45) is 4.99 Å². The first-order chi connectivity index (χ1) is 17.4. The second-order valence-corrected chi connectivity index (χ2v) is 10.7. The Morgan fingerprint density at radius 1 is 0.972 bits per heavy atom. The van der Waals surface area contributed by atoms with Crippen molar-refractivity contribution in [1.29, 1.82) is 0 Å². The smallest absolute Gasteiger partial charge is 0.220 e. The van der Waals surface area contributed by atoms with Crippen LogP contribution in [-0.2, 0) is 9.59 Å². The van der Waals surface area contributed by atoms with E-state index < -0.39 is 18.4 Å². The maximum Gasteiger partial charge on any atom is 0.220 e. The van der Waals surface area contributed by atoms with Gasteiger partial charge in [0.05, 0.1) is 18.7 Å². The molecule has 2 aliphatic heterocycles. The van der Waals surface area contributed by atoms with Gasteiger partial charge in [-0.2, -0.15) is 0 Å². The van der Waals surface area contributed by atoms with E-state index in [1.807, 2.05) is 0 Å². The van der Waals surface area contributed by atoms with E-state index in [1.165, 1.54) is 11.8 Å². The number of nitrogens with one attached hydrogen (secondary N) is 2. The summed E-state index contributed by atoms with van der Waals surface area (Å²) in [6, 6.07) is -0.338. The molecule has 2 heterocycles. The quantitative estimate of drug-likeness (QED) is 0.175. The lowest BCUT2D eigenvalue weighted by atomic mass is 9.96. The summed E-state index contributed by atoms with van der Waals surface area (Å²) in [5.41, 5.74) is 0. The Balaban J connectivity index is 1.84. The van der Waals surface area contributed by atoms with Gasteiger partial charge in [-0.15, -0.1) is 0 Å². The number of fused-ring (bicyclic) bond motifs is 1. The van der Waals surface area contributed by atoms with Crippen molar-refractivity contribution in [3.05, 3.63) is 0 Å². The number of aliphatic hydroxyl groups is 3. The van der Waals surface area contributed by atoms with Gasteiger partial charge in [-0.1, -0.05) is 51.3 Å². The first-order valence-electron chi connectivity index (χ1n) is 13.6. The van der Waals surface area contributed by atoms with Gasteiger partial charge in [0.1, 0.15) is 12.3 Å². The molecule has 0 spiro atoms. The third kappa shape index (κ3) is 10.5. The van der Waals surface area contributed by atoms with Gasteiger partial charge >= 0.3 is 0 Å². The molecule has 0 radical (unpaired) electrons. The number of hydrogen-bond donors (Lipinski definition) is 5. The fraction of sp³-hybridized carbons (Fsp3) is 0.880. The molecule has 2 rings (SSSR count). The van der Waals surface area contributed by atoms with Crippen LogP contribution in [0.1, 0.15) is 71.6 Å². The molecular formula is C25H47N5O5S. The maximum absolute atomic E-state index is 12.1. The number of amidine groups is 1. The molecule has 11 heteroatoms. The van der Waals surface area contributed by atoms with Crippen LogP contribution in [0.5, 0.6) is 0 Å². The Labute approximate surface area is 220 Å². The molecule has 10 nitrogen and oxygen atoms in total. The lowest BCUT2D eigenvalue weighted by Gasteiger charge is -2.41. The van der Waals surface area contributed by atoms with E-state index in [0.29, 0.717) is 63.0 Å². The van der Waals surface area contributed by atoms with Gasteiger partial charge in [0, 0.05) is 57.7 Å². The first kappa shape index (κ1) is 30.8. The Hall–Kier alpha value is -1.40. The zero-order valence-electron chi connectivity index (χ0n) is 22.0. The van der Waals surface area contributed by atoms with Gasteiger partial charge in [0.25, 0.3) is 0 Å². The fourth-order valence-electron chi connectivity index (χ4n) is 4.50. The number of piperidine rings is 1. The topological polar surface area (TPSA) is 138 Å². The van der Waals surface area contributed by atoms with Gasteiger partial charge in [-0.05, 0) is 12.8 Å².